The predicted molar refractivity (Wildman–Crippen MR) is 52.7 cm³/mol. The molecule has 0 fully saturated rings. The quantitative estimate of drug-likeness (QED) is 0.521. The highest BCUT2D eigenvalue weighted by molar-refractivity contribution is 5.80. The van der Waals surface area contributed by atoms with E-state index >= 15 is 0 Å². The summed E-state index contributed by atoms with van der Waals surface area (Å²) < 4.78 is 5.02. The molecule has 0 aromatic heterocycles. The lowest BCUT2D eigenvalue weighted by molar-refractivity contribution is -0.104. The van der Waals surface area contributed by atoms with Gasteiger partial charge in [0.1, 0.15) is 12.0 Å². The van der Waals surface area contributed by atoms with Gasteiger partial charge >= 0.3 is 0 Å². The first-order chi connectivity index (χ1) is 6.27. The molecule has 0 aliphatic heterocycles. The van der Waals surface area contributed by atoms with Crippen LogP contribution in [0.4, 0.5) is 0 Å². The maximum atomic E-state index is 10.2. The van der Waals surface area contributed by atoms with Crippen LogP contribution >= 0.6 is 0 Å². The van der Waals surface area contributed by atoms with Crippen molar-refractivity contribution >= 4 is 11.9 Å². The van der Waals surface area contributed by atoms with Crippen molar-refractivity contribution in [2.24, 2.45) is 0 Å². The monoisotopic (exact) mass is 176 g/mol. The van der Waals surface area contributed by atoms with Gasteiger partial charge in [-0.3, -0.25) is 4.79 Å². The fourth-order valence-electron chi connectivity index (χ4n) is 1.05. The van der Waals surface area contributed by atoms with Crippen LogP contribution < -0.4 is 4.74 Å². The highest BCUT2D eigenvalue weighted by Gasteiger charge is 1.95. The first kappa shape index (κ1) is 9.52. The van der Waals surface area contributed by atoms with Gasteiger partial charge in [0.25, 0.3) is 0 Å². The van der Waals surface area contributed by atoms with Gasteiger partial charge in [-0.25, -0.2) is 0 Å². The molecule has 1 rings (SSSR count). The molecule has 1 aromatic carbocycles. The minimum absolute atomic E-state index is 0.791. The topological polar surface area (TPSA) is 26.3 Å². The maximum absolute atomic E-state index is 10.2. The molecule has 0 amide bonds. The van der Waals surface area contributed by atoms with Crippen molar-refractivity contribution in [2.45, 2.75) is 6.92 Å². The molecule has 68 valence electrons. The van der Waals surface area contributed by atoms with Crippen LogP contribution in [0, 0.1) is 0 Å². The Balaban J connectivity index is 2.91. The van der Waals surface area contributed by atoms with Gasteiger partial charge in [0.2, 0.25) is 0 Å². The van der Waals surface area contributed by atoms with E-state index in [2.05, 4.69) is 0 Å². The van der Waals surface area contributed by atoms with Gasteiger partial charge in [-0.2, -0.15) is 0 Å². The molecule has 0 saturated heterocycles. The van der Waals surface area contributed by atoms with Gasteiger partial charge in [0, 0.05) is 0 Å². The van der Waals surface area contributed by atoms with Crippen molar-refractivity contribution in [1.29, 1.82) is 0 Å². The number of carbonyl (C=O) groups is 1. The summed E-state index contributed by atoms with van der Waals surface area (Å²) in [6, 6.07) is 7.59. The molecule has 2 nitrogen and oxygen atoms in total. The van der Waals surface area contributed by atoms with E-state index in [1.807, 2.05) is 31.2 Å². The second-order valence-corrected chi connectivity index (χ2v) is 2.71. The van der Waals surface area contributed by atoms with Crippen molar-refractivity contribution < 1.29 is 9.53 Å². The van der Waals surface area contributed by atoms with Gasteiger partial charge in [-0.1, -0.05) is 12.1 Å². The molecule has 0 unspecified atom stereocenters. The fraction of sp³-hybridized carbons (Fsp3) is 0.182. The van der Waals surface area contributed by atoms with E-state index in [1.165, 1.54) is 0 Å². The zero-order chi connectivity index (χ0) is 9.68. The number of benzene rings is 1. The second-order valence-electron chi connectivity index (χ2n) is 2.71. The molecule has 0 radical (unpaired) electrons. The van der Waals surface area contributed by atoms with Crippen molar-refractivity contribution in [1.82, 2.24) is 0 Å². The molecule has 13 heavy (non-hydrogen) atoms. The molecule has 0 aliphatic rings. The molecule has 2 heteroatoms. The number of carbonyl (C=O) groups excluding carboxylic acids is 1. The summed E-state index contributed by atoms with van der Waals surface area (Å²) in [4.78, 5) is 10.2. The van der Waals surface area contributed by atoms with E-state index in [1.54, 1.807) is 13.2 Å². The lowest BCUT2D eigenvalue weighted by Crippen LogP contribution is -1.84. The number of hydrogen-bond donors (Lipinski definition) is 0. The number of aldehydes is 1. The van der Waals surface area contributed by atoms with Crippen LogP contribution in [-0.2, 0) is 4.79 Å². The Hall–Kier alpha value is -1.57. The van der Waals surface area contributed by atoms with E-state index < -0.39 is 0 Å². The van der Waals surface area contributed by atoms with Crippen LogP contribution in [0.3, 0.4) is 0 Å². The summed E-state index contributed by atoms with van der Waals surface area (Å²) in [5.74, 6) is 0.822. The third kappa shape index (κ3) is 2.44. The summed E-state index contributed by atoms with van der Waals surface area (Å²) >= 11 is 0. The van der Waals surface area contributed by atoms with Crippen molar-refractivity contribution in [3.63, 3.8) is 0 Å². The van der Waals surface area contributed by atoms with Gasteiger partial charge < -0.3 is 4.74 Å². The van der Waals surface area contributed by atoms with E-state index in [9.17, 15) is 4.79 Å². The second kappa shape index (κ2) is 4.45. The highest BCUT2D eigenvalue weighted by Crippen LogP contribution is 2.17. The molecular formula is C11H12O2. The zero-order valence-corrected chi connectivity index (χ0v) is 7.78. The van der Waals surface area contributed by atoms with Gasteiger partial charge in [0.05, 0.1) is 7.11 Å². The first-order valence-electron chi connectivity index (χ1n) is 4.04. The summed E-state index contributed by atoms with van der Waals surface area (Å²) in [7, 11) is 1.63. The number of rotatable bonds is 3. The van der Waals surface area contributed by atoms with E-state index in [0.717, 1.165) is 23.2 Å². The maximum Gasteiger partial charge on any atom is 0.143 e. The van der Waals surface area contributed by atoms with Crippen molar-refractivity contribution in [2.75, 3.05) is 7.11 Å². The standard InChI is InChI=1S/C11H12O2/c1-9(7-8-12)10-3-5-11(13-2)6-4-10/h3-8H,1-2H3/b9-7+. The SMILES string of the molecule is COc1ccc(/C(C)=C/C=O)cc1. The average Bonchev–Trinajstić information content (AvgIpc) is 2.18. The normalized spacial score (nSPS) is 11.1. The lowest BCUT2D eigenvalue weighted by atomic mass is 10.1. The molecule has 0 heterocycles. The van der Waals surface area contributed by atoms with Crippen LogP contribution in [-0.4, -0.2) is 13.4 Å². The summed E-state index contributed by atoms with van der Waals surface area (Å²) in [6.45, 7) is 1.90. The molecule has 0 atom stereocenters. The Bertz CT molecular complexity index is 309. The smallest absolute Gasteiger partial charge is 0.143 e. The Kier molecular flexibility index (Phi) is 3.26. The highest BCUT2D eigenvalue weighted by atomic mass is 16.5. The minimum Gasteiger partial charge on any atom is -0.497 e. The third-order valence-corrected chi connectivity index (χ3v) is 1.86. The summed E-state index contributed by atoms with van der Waals surface area (Å²) in [6.07, 6.45) is 2.33. The molecule has 0 spiro atoms. The van der Waals surface area contributed by atoms with Gasteiger partial charge in [0.15, 0.2) is 0 Å². The number of allylic oxidation sites excluding steroid dienone is 2. The number of hydrogen-bond acceptors (Lipinski definition) is 2. The third-order valence-electron chi connectivity index (χ3n) is 1.86. The van der Waals surface area contributed by atoms with E-state index in [0.29, 0.717) is 0 Å². The molecule has 0 bridgehead atoms. The van der Waals surface area contributed by atoms with Crippen LogP contribution in [0.25, 0.3) is 5.57 Å². The van der Waals surface area contributed by atoms with Crippen LogP contribution in [0.15, 0.2) is 30.3 Å². The zero-order valence-electron chi connectivity index (χ0n) is 7.78. The molecule has 1 aromatic rings. The number of ether oxygens (including phenoxy) is 1. The first-order valence-corrected chi connectivity index (χ1v) is 4.04. The van der Waals surface area contributed by atoms with E-state index in [4.69, 9.17) is 4.74 Å². The Morgan fingerprint density at radius 3 is 2.38 bits per heavy atom. The number of methoxy groups -OCH3 is 1. The van der Waals surface area contributed by atoms with Crippen LogP contribution in [0.1, 0.15) is 12.5 Å². The Morgan fingerprint density at radius 1 is 1.31 bits per heavy atom. The molecule has 0 aliphatic carbocycles. The van der Waals surface area contributed by atoms with Gasteiger partial charge in [-0.05, 0) is 36.3 Å². The van der Waals surface area contributed by atoms with Crippen molar-refractivity contribution in [3.8, 4) is 5.75 Å². The van der Waals surface area contributed by atoms with E-state index in [-0.39, 0.29) is 0 Å². The molecule has 0 saturated carbocycles. The lowest BCUT2D eigenvalue weighted by Gasteiger charge is -2.02. The minimum atomic E-state index is 0.791. The largest absolute Gasteiger partial charge is 0.497 e. The fourth-order valence-corrected chi connectivity index (χ4v) is 1.05. The molecular weight excluding hydrogens is 164 g/mol. The van der Waals surface area contributed by atoms with Crippen LogP contribution in [0.5, 0.6) is 5.75 Å². The predicted octanol–water partition coefficient (Wildman–Crippen LogP) is 2.30. The summed E-state index contributed by atoms with van der Waals surface area (Å²) in [5.41, 5.74) is 1.99. The average molecular weight is 176 g/mol. The Morgan fingerprint density at radius 2 is 1.92 bits per heavy atom. The Labute approximate surface area is 77.8 Å². The van der Waals surface area contributed by atoms with Crippen molar-refractivity contribution in [3.05, 3.63) is 35.9 Å². The summed E-state index contributed by atoms with van der Waals surface area (Å²) in [5, 5.41) is 0. The van der Waals surface area contributed by atoms with Gasteiger partial charge in [-0.15, -0.1) is 0 Å². The van der Waals surface area contributed by atoms with Crippen LogP contribution in [0.2, 0.25) is 0 Å². The molecule has 0 N–H and O–H groups in total.